The van der Waals surface area contributed by atoms with Gasteiger partial charge in [0.2, 0.25) is 0 Å². The van der Waals surface area contributed by atoms with Gasteiger partial charge in [0.25, 0.3) is 11.8 Å². The van der Waals surface area contributed by atoms with Crippen molar-refractivity contribution < 1.29 is 9.59 Å². The second kappa shape index (κ2) is 5.84. The molecule has 0 saturated carbocycles. The zero-order valence-electron chi connectivity index (χ0n) is 14.7. The molecule has 124 valence electrons. The molecule has 1 aromatic rings. The molecule has 1 aliphatic heterocycles. The second-order valence-corrected chi connectivity index (χ2v) is 7.18. The van der Waals surface area contributed by atoms with E-state index in [2.05, 4.69) is 6.58 Å². The van der Waals surface area contributed by atoms with E-state index < -0.39 is 5.54 Å². The van der Waals surface area contributed by atoms with Crippen LogP contribution in [0.3, 0.4) is 0 Å². The minimum absolute atomic E-state index is 0.0702. The first-order valence-electron chi connectivity index (χ1n) is 8.00. The number of nitrogens with zero attached hydrogens (tertiary/aromatic N) is 2. The van der Waals surface area contributed by atoms with Gasteiger partial charge in [0, 0.05) is 18.0 Å². The van der Waals surface area contributed by atoms with Crippen molar-refractivity contribution >= 4 is 11.8 Å². The van der Waals surface area contributed by atoms with Gasteiger partial charge in [-0.15, -0.1) is 6.58 Å². The predicted octanol–water partition coefficient (Wildman–Crippen LogP) is 3.31. The highest BCUT2D eigenvalue weighted by atomic mass is 16.2. The zero-order valence-corrected chi connectivity index (χ0v) is 14.7. The normalized spacial score (nSPS) is 24.9. The third-order valence-electron chi connectivity index (χ3n) is 4.62. The molecule has 2 amide bonds. The number of amides is 2. The van der Waals surface area contributed by atoms with Crippen LogP contribution in [-0.4, -0.2) is 40.4 Å². The van der Waals surface area contributed by atoms with Gasteiger partial charge >= 0.3 is 0 Å². The summed E-state index contributed by atoms with van der Waals surface area (Å²) in [7, 11) is 1.77. The maximum Gasteiger partial charge on any atom is 0.256 e. The van der Waals surface area contributed by atoms with Crippen molar-refractivity contribution in [3.8, 4) is 0 Å². The summed E-state index contributed by atoms with van der Waals surface area (Å²) in [6, 6.07) is 9.12. The number of likely N-dealkylation sites (N-methyl/N-ethyl adjacent to an activating group) is 1. The van der Waals surface area contributed by atoms with Crippen LogP contribution in [0.15, 0.2) is 43.0 Å². The van der Waals surface area contributed by atoms with E-state index >= 15 is 0 Å². The second-order valence-electron chi connectivity index (χ2n) is 7.18. The smallest absolute Gasteiger partial charge is 0.256 e. The van der Waals surface area contributed by atoms with Gasteiger partial charge in [0.1, 0.15) is 11.7 Å². The van der Waals surface area contributed by atoms with Gasteiger partial charge in [0.15, 0.2) is 0 Å². The lowest BCUT2D eigenvalue weighted by molar-refractivity contribution is -0.131. The Bertz CT molecular complexity index is 618. The molecule has 0 bridgehead atoms. The van der Waals surface area contributed by atoms with Gasteiger partial charge in [0.05, 0.1) is 0 Å². The minimum atomic E-state index is -0.986. The minimum Gasteiger partial charge on any atom is -0.322 e. The lowest BCUT2D eigenvalue weighted by Gasteiger charge is -2.41. The maximum atomic E-state index is 13.2. The Labute approximate surface area is 138 Å². The van der Waals surface area contributed by atoms with E-state index in [1.807, 2.05) is 45.9 Å². The fourth-order valence-corrected chi connectivity index (χ4v) is 3.54. The van der Waals surface area contributed by atoms with E-state index in [1.165, 1.54) is 0 Å². The molecule has 0 N–H and O–H groups in total. The molecule has 4 nitrogen and oxygen atoms in total. The Morgan fingerprint density at radius 2 is 1.87 bits per heavy atom. The molecule has 0 unspecified atom stereocenters. The third kappa shape index (κ3) is 2.56. The van der Waals surface area contributed by atoms with E-state index in [0.29, 0.717) is 12.0 Å². The molecule has 1 saturated heterocycles. The largest absolute Gasteiger partial charge is 0.322 e. The van der Waals surface area contributed by atoms with E-state index in [0.717, 1.165) is 0 Å². The monoisotopic (exact) mass is 314 g/mol. The predicted molar refractivity (Wildman–Crippen MR) is 91.8 cm³/mol. The van der Waals surface area contributed by atoms with Gasteiger partial charge in [-0.1, -0.05) is 52.0 Å². The van der Waals surface area contributed by atoms with Gasteiger partial charge in [-0.25, -0.2) is 0 Å². The van der Waals surface area contributed by atoms with Crippen molar-refractivity contribution in [3.63, 3.8) is 0 Å². The molecular weight excluding hydrogens is 288 g/mol. The van der Waals surface area contributed by atoms with E-state index in [1.54, 1.807) is 35.1 Å². The number of carbonyl (C=O) groups is 2. The van der Waals surface area contributed by atoms with Crippen LogP contribution in [0.5, 0.6) is 0 Å². The van der Waals surface area contributed by atoms with Crippen molar-refractivity contribution in [1.82, 2.24) is 9.80 Å². The number of rotatable bonds is 3. The fourth-order valence-electron chi connectivity index (χ4n) is 3.54. The van der Waals surface area contributed by atoms with E-state index in [9.17, 15) is 9.59 Å². The van der Waals surface area contributed by atoms with Gasteiger partial charge in [-0.3, -0.25) is 14.5 Å². The highest BCUT2D eigenvalue weighted by Gasteiger charge is 2.58. The molecule has 2 rings (SSSR count). The lowest BCUT2D eigenvalue weighted by Crippen LogP contribution is -2.55. The summed E-state index contributed by atoms with van der Waals surface area (Å²) < 4.78 is 0. The van der Waals surface area contributed by atoms with Crippen LogP contribution < -0.4 is 0 Å². The Morgan fingerprint density at radius 1 is 1.30 bits per heavy atom. The Kier molecular flexibility index (Phi) is 4.38. The van der Waals surface area contributed by atoms with Crippen molar-refractivity contribution in [2.24, 2.45) is 5.41 Å². The molecule has 1 fully saturated rings. The quantitative estimate of drug-likeness (QED) is 0.803. The van der Waals surface area contributed by atoms with Crippen LogP contribution in [0, 0.1) is 5.41 Å². The van der Waals surface area contributed by atoms with Crippen molar-refractivity contribution in [3.05, 3.63) is 48.6 Å². The van der Waals surface area contributed by atoms with Crippen LogP contribution in [-0.2, 0) is 4.79 Å². The maximum absolute atomic E-state index is 13.2. The summed E-state index contributed by atoms with van der Waals surface area (Å²) >= 11 is 0. The molecular formula is C19H26N2O2. The van der Waals surface area contributed by atoms with Crippen LogP contribution >= 0.6 is 0 Å². The van der Waals surface area contributed by atoms with Crippen molar-refractivity contribution in [1.29, 1.82) is 0 Å². The van der Waals surface area contributed by atoms with Crippen molar-refractivity contribution in [2.45, 2.75) is 45.8 Å². The number of hydrogen-bond donors (Lipinski definition) is 0. The summed E-state index contributed by atoms with van der Waals surface area (Å²) in [5.74, 6) is -0.204. The molecule has 0 radical (unpaired) electrons. The first-order chi connectivity index (χ1) is 10.7. The van der Waals surface area contributed by atoms with E-state index in [-0.39, 0.29) is 23.4 Å². The number of carbonyl (C=O) groups excluding carboxylic acids is 2. The fraction of sp³-hybridized carbons (Fsp3) is 0.474. The summed E-state index contributed by atoms with van der Waals surface area (Å²) in [4.78, 5) is 29.6. The summed E-state index contributed by atoms with van der Waals surface area (Å²) in [6.45, 7) is 11.9. The molecule has 0 aliphatic carbocycles. The Morgan fingerprint density at radius 3 is 2.30 bits per heavy atom. The van der Waals surface area contributed by atoms with Gasteiger partial charge < -0.3 is 4.90 Å². The average Bonchev–Trinajstić information content (AvgIpc) is 2.76. The summed E-state index contributed by atoms with van der Waals surface area (Å²) in [6.07, 6.45) is 1.81. The summed E-state index contributed by atoms with van der Waals surface area (Å²) in [5, 5.41) is 0. The van der Waals surface area contributed by atoms with Crippen LogP contribution in [0.2, 0.25) is 0 Å². The third-order valence-corrected chi connectivity index (χ3v) is 4.62. The molecule has 1 aliphatic rings. The lowest BCUT2D eigenvalue weighted by atomic mass is 9.88. The first kappa shape index (κ1) is 17.3. The van der Waals surface area contributed by atoms with Crippen LogP contribution in [0.25, 0.3) is 0 Å². The van der Waals surface area contributed by atoms with Gasteiger partial charge in [-0.2, -0.15) is 0 Å². The molecule has 4 heteroatoms. The van der Waals surface area contributed by atoms with Crippen LogP contribution in [0.1, 0.15) is 44.5 Å². The van der Waals surface area contributed by atoms with Gasteiger partial charge in [-0.05, 0) is 18.6 Å². The standard InChI is InChI=1S/C19H26N2O2/c1-7-19(8-2)17(23)20(6)16(18(3,4)5)21(19)15(22)14-12-10-9-11-13-14/h7,9-13,16H,1,8H2,2-6H3/t16-,19-/m0/s1. The van der Waals surface area contributed by atoms with Crippen molar-refractivity contribution in [2.75, 3.05) is 7.05 Å². The van der Waals surface area contributed by atoms with Crippen LogP contribution in [0.4, 0.5) is 0 Å². The topological polar surface area (TPSA) is 40.6 Å². The Hall–Kier alpha value is -2.10. The molecule has 1 heterocycles. The first-order valence-corrected chi connectivity index (χ1v) is 8.00. The summed E-state index contributed by atoms with van der Waals surface area (Å²) in [5.41, 5.74) is -0.668. The SMILES string of the molecule is C=C[C@]1(CC)C(=O)N(C)[C@H](C(C)(C)C)N1C(=O)c1ccccc1. The molecule has 0 spiro atoms. The Balaban J connectivity index is 2.63. The molecule has 2 atom stereocenters. The molecule has 0 aromatic heterocycles. The van der Waals surface area contributed by atoms with E-state index in [4.69, 9.17) is 0 Å². The highest BCUT2D eigenvalue weighted by molar-refractivity contribution is 6.02. The highest BCUT2D eigenvalue weighted by Crippen LogP contribution is 2.42. The number of hydrogen-bond acceptors (Lipinski definition) is 2. The average molecular weight is 314 g/mol. The zero-order chi connectivity index (χ0) is 17.4. The number of benzene rings is 1. The molecule has 1 aromatic carbocycles. The molecule has 23 heavy (non-hydrogen) atoms.